The van der Waals surface area contributed by atoms with Crippen LogP contribution in [0.5, 0.6) is 11.5 Å². The third-order valence-electron chi connectivity index (χ3n) is 3.19. The van der Waals surface area contributed by atoms with Gasteiger partial charge in [-0.3, -0.25) is 0 Å². The van der Waals surface area contributed by atoms with Crippen LogP contribution in [0.15, 0.2) is 37.4 Å². The van der Waals surface area contributed by atoms with Crippen molar-refractivity contribution in [1.29, 1.82) is 0 Å². The van der Waals surface area contributed by atoms with Gasteiger partial charge in [0, 0.05) is 24.3 Å². The average Bonchev–Trinajstić information content (AvgIpc) is 3.00. The molecule has 0 amide bonds. The van der Waals surface area contributed by atoms with Crippen LogP contribution in [0.25, 0.3) is 0 Å². The summed E-state index contributed by atoms with van der Waals surface area (Å²) >= 11 is 0. The van der Waals surface area contributed by atoms with Crippen molar-refractivity contribution in [2.45, 2.75) is 19.8 Å². The number of methoxy groups -OCH3 is 1. The first-order chi connectivity index (χ1) is 10.8. The molecule has 0 aromatic heterocycles. The van der Waals surface area contributed by atoms with Gasteiger partial charge in [-0.1, -0.05) is 12.2 Å². The molecule has 2 N–H and O–H groups in total. The summed E-state index contributed by atoms with van der Waals surface area (Å²) in [5, 5.41) is 6.66. The number of fused-ring (bicyclic) bond motifs is 1. The van der Waals surface area contributed by atoms with Crippen LogP contribution in [-0.4, -0.2) is 33.4 Å². The Hall–Kier alpha value is -1.94. The molecule has 4 heteroatoms. The molecular formula is C18H28N2O2. The molecule has 0 bridgehead atoms. The van der Waals surface area contributed by atoms with Crippen LogP contribution < -0.4 is 20.1 Å². The molecule has 0 aliphatic carbocycles. The van der Waals surface area contributed by atoms with Gasteiger partial charge in [0.25, 0.3) is 0 Å². The SMILES string of the molecule is C=CC.C=CCCNCCOc1c(OC)ccc2c1CCN2. The van der Waals surface area contributed by atoms with Gasteiger partial charge >= 0.3 is 0 Å². The van der Waals surface area contributed by atoms with E-state index >= 15 is 0 Å². The van der Waals surface area contributed by atoms with E-state index in [1.807, 2.05) is 19.1 Å². The van der Waals surface area contributed by atoms with Crippen molar-refractivity contribution in [3.63, 3.8) is 0 Å². The van der Waals surface area contributed by atoms with Crippen LogP contribution >= 0.6 is 0 Å². The number of nitrogens with one attached hydrogen (secondary N) is 2. The summed E-state index contributed by atoms with van der Waals surface area (Å²) in [6, 6.07) is 4.01. The van der Waals surface area contributed by atoms with Crippen molar-refractivity contribution in [3.8, 4) is 11.5 Å². The van der Waals surface area contributed by atoms with Crippen LogP contribution in [0.2, 0.25) is 0 Å². The number of benzene rings is 1. The zero-order chi connectivity index (χ0) is 16.2. The summed E-state index contributed by atoms with van der Waals surface area (Å²) < 4.78 is 11.3. The Bertz CT molecular complexity index is 472. The Labute approximate surface area is 134 Å². The predicted octanol–water partition coefficient (Wildman–Crippen LogP) is 3.40. The molecule has 0 saturated carbocycles. The van der Waals surface area contributed by atoms with Crippen molar-refractivity contribution in [1.82, 2.24) is 5.32 Å². The van der Waals surface area contributed by atoms with Crippen LogP contribution in [0.1, 0.15) is 18.9 Å². The molecule has 0 atom stereocenters. The van der Waals surface area contributed by atoms with E-state index in [9.17, 15) is 0 Å². The van der Waals surface area contributed by atoms with Crippen molar-refractivity contribution in [2.75, 3.05) is 38.7 Å². The summed E-state index contributed by atoms with van der Waals surface area (Å²) in [5.41, 5.74) is 2.39. The monoisotopic (exact) mass is 304 g/mol. The van der Waals surface area contributed by atoms with Gasteiger partial charge in [-0.25, -0.2) is 0 Å². The topological polar surface area (TPSA) is 42.5 Å². The van der Waals surface area contributed by atoms with Crippen LogP contribution in [0.4, 0.5) is 5.69 Å². The normalized spacial score (nSPS) is 11.5. The first kappa shape index (κ1) is 18.1. The van der Waals surface area contributed by atoms with Gasteiger partial charge in [0.1, 0.15) is 6.61 Å². The number of hydrogen-bond donors (Lipinski definition) is 2. The van der Waals surface area contributed by atoms with Gasteiger partial charge in [0.15, 0.2) is 11.5 Å². The number of rotatable bonds is 8. The Morgan fingerprint density at radius 2 is 2.09 bits per heavy atom. The Morgan fingerprint density at radius 1 is 1.32 bits per heavy atom. The zero-order valence-corrected chi connectivity index (χ0v) is 13.8. The van der Waals surface area contributed by atoms with E-state index in [1.165, 1.54) is 5.56 Å². The summed E-state index contributed by atoms with van der Waals surface area (Å²) in [5.74, 6) is 1.70. The quantitative estimate of drug-likeness (QED) is 0.570. The Morgan fingerprint density at radius 3 is 2.77 bits per heavy atom. The van der Waals surface area contributed by atoms with Gasteiger partial charge in [-0.05, 0) is 38.4 Å². The summed E-state index contributed by atoms with van der Waals surface area (Å²) in [6.45, 7) is 12.3. The van der Waals surface area contributed by atoms with Crippen molar-refractivity contribution in [2.24, 2.45) is 0 Å². The third kappa shape index (κ3) is 5.45. The second kappa shape index (κ2) is 10.7. The molecule has 2 rings (SSSR count). The molecule has 0 fully saturated rings. The lowest BCUT2D eigenvalue weighted by Crippen LogP contribution is -2.22. The first-order valence-electron chi connectivity index (χ1n) is 7.73. The number of anilines is 1. The van der Waals surface area contributed by atoms with Crippen LogP contribution in [0.3, 0.4) is 0 Å². The minimum Gasteiger partial charge on any atom is -0.493 e. The van der Waals surface area contributed by atoms with Gasteiger partial charge in [-0.2, -0.15) is 0 Å². The summed E-state index contributed by atoms with van der Waals surface area (Å²) in [4.78, 5) is 0. The lowest BCUT2D eigenvalue weighted by molar-refractivity contribution is 0.290. The Kier molecular flexibility index (Phi) is 8.84. The molecule has 1 aromatic carbocycles. The maximum absolute atomic E-state index is 5.90. The molecule has 122 valence electrons. The second-order valence-corrected chi connectivity index (χ2v) is 4.88. The van der Waals surface area contributed by atoms with Crippen LogP contribution in [-0.2, 0) is 6.42 Å². The fraction of sp³-hybridized carbons (Fsp3) is 0.444. The lowest BCUT2D eigenvalue weighted by Gasteiger charge is -2.14. The highest BCUT2D eigenvalue weighted by Crippen LogP contribution is 2.38. The highest BCUT2D eigenvalue weighted by Gasteiger charge is 2.19. The molecule has 22 heavy (non-hydrogen) atoms. The van der Waals surface area contributed by atoms with Gasteiger partial charge in [0.05, 0.1) is 7.11 Å². The zero-order valence-electron chi connectivity index (χ0n) is 13.8. The third-order valence-corrected chi connectivity index (χ3v) is 3.19. The fourth-order valence-electron chi connectivity index (χ4n) is 2.22. The van der Waals surface area contributed by atoms with Crippen molar-refractivity contribution >= 4 is 5.69 Å². The van der Waals surface area contributed by atoms with E-state index in [4.69, 9.17) is 9.47 Å². The molecule has 0 saturated heterocycles. The summed E-state index contributed by atoms with van der Waals surface area (Å²) in [7, 11) is 1.68. The maximum Gasteiger partial charge on any atom is 0.166 e. The van der Waals surface area contributed by atoms with Gasteiger partial charge in [-0.15, -0.1) is 13.2 Å². The number of ether oxygens (including phenoxy) is 2. The molecule has 1 aliphatic rings. The largest absolute Gasteiger partial charge is 0.493 e. The van der Waals surface area contributed by atoms with Crippen LogP contribution in [0, 0.1) is 0 Å². The molecule has 0 spiro atoms. The molecule has 1 aromatic rings. The first-order valence-corrected chi connectivity index (χ1v) is 7.73. The molecule has 0 radical (unpaired) electrons. The minimum absolute atomic E-state index is 0.643. The Balaban J connectivity index is 0.000000745. The van der Waals surface area contributed by atoms with Crippen molar-refractivity contribution in [3.05, 3.63) is 43.0 Å². The maximum atomic E-state index is 5.90. The van der Waals surface area contributed by atoms with E-state index in [0.29, 0.717) is 6.61 Å². The van der Waals surface area contributed by atoms with E-state index in [2.05, 4.69) is 29.9 Å². The molecule has 1 heterocycles. The predicted molar refractivity (Wildman–Crippen MR) is 94.2 cm³/mol. The number of allylic oxidation sites excluding steroid dienone is 1. The van der Waals surface area contributed by atoms with Gasteiger partial charge in [0.2, 0.25) is 0 Å². The lowest BCUT2D eigenvalue weighted by atomic mass is 10.1. The minimum atomic E-state index is 0.643. The average molecular weight is 304 g/mol. The van der Waals surface area contributed by atoms with E-state index < -0.39 is 0 Å². The fourth-order valence-corrected chi connectivity index (χ4v) is 2.22. The second-order valence-electron chi connectivity index (χ2n) is 4.88. The molecule has 0 unspecified atom stereocenters. The van der Waals surface area contributed by atoms with Gasteiger partial charge < -0.3 is 20.1 Å². The smallest absolute Gasteiger partial charge is 0.166 e. The van der Waals surface area contributed by atoms with E-state index in [-0.39, 0.29) is 0 Å². The molecule has 4 nitrogen and oxygen atoms in total. The number of hydrogen-bond acceptors (Lipinski definition) is 4. The van der Waals surface area contributed by atoms with E-state index in [1.54, 1.807) is 13.2 Å². The van der Waals surface area contributed by atoms with E-state index in [0.717, 1.165) is 49.7 Å². The standard InChI is InChI=1S/C15H22N2O2.C3H6/c1-3-4-8-16-10-11-19-15-12-7-9-17-13(12)5-6-14(15)18-2;1-3-2/h3,5-6,16-17H,1,4,7-11H2,2H3;3H,1H2,2H3. The summed E-state index contributed by atoms with van der Waals surface area (Å²) in [6.07, 6.45) is 5.63. The highest BCUT2D eigenvalue weighted by atomic mass is 16.5. The molecule has 1 aliphatic heterocycles. The van der Waals surface area contributed by atoms with Crippen molar-refractivity contribution < 1.29 is 9.47 Å². The highest BCUT2D eigenvalue weighted by molar-refractivity contribution is 5.65. The molecular weight excluding hydrogens is 276 g/mol.